The van der Waals surface area contributed by atoms with Crippen LogP contribution in [0.15, 0.2) is 18.2 Å². The topological polar surface area (TPSA) is 37.3 Å². The van der Waals surface area contributed by atoms with E-state index in [1.807, 2.05) is 0 Å². The van der Waals surface area contributed by atoms with Crippen LogP contribution in [0.3, 0.4) is 0 Å². The summed E-state index contributed by atoms with van der Waals surface area (Å²) in [4.78, 5) is 10.9. The van der Waals surface area contributed by atoms with Crippen molar-refractivity contribution in [2.45, 2.75) is 38.5 Å². The Balaban J connectivity index is 2.24. The van der Waals surface area contributed by atoms with Gasteiger partial charge < -0.3 is 5.11 Å². The van der Waals surface area contributed by atoms with E-state index in [2.05, 4.69) is 0 Å². The lowest BCUT2D eigenvalue weighted by atomic mass is 9.71. The number of benzene rings is 1. The SMILES string of the molecule is Cc1cc(C(CC(=O)O)C2CCC2)ccc1F. The molecule has 0 radical (unpaired) electrons. The Kier molecular flexibility index (Phi) is 3.46. The Morgan fingerprint density at radius 2 is 2.24 bits per heavy atom. The largest absolute Gasteiger partial charge is 0.481 e. The molecule has 0 spiro atoms. The van der Waals surface area contributed by atoms with E-state index >= 15 is 0 Å². The lowest BCUT2D eigenvalue weighted by Crippen LogP contribution is -2.22. The molecule has 1 atom stereocenters. The molecule has 2 nitrogen and oxygen atoms in total. The summed E-state index contributed by atoms with van der Waals surface area (Å²) in [5.41, 5.74) is 1.56. The molecule has 2 rings (SSSR count). The van der Waals surface area contributed by atoms with Crippen molar-refractivity contribution in [3.05, 3.63) is 35.1 Å². The van der Waals surface area contributed by atoms with Gasteiger partial charge in [-0.05, 0) is 48.8 Å². The van der Waals surface area contributed by atoms with Gasteiger partial charge in [-0.1, -0.05) is 18.6 Å². The number of carbonyl (C=O) groups is 1. The lowest BCUT2D eigenvalue weighted by Gasteiger charge is -2.33. The number of carboxylic acid groups (broad SMARTS) is 1. The molecule has 0 aromatic heterocycles. The molecular weight excluding hydrogens is 219 g/mol. The Hall–Kier alpha value is -1.38. The highest BCUT2D eigenvalue weighted by molar-refractivity contribution is 5.68. The van der Waals surface area contributed by atoms with Crippen molar-refractivity contribution in [1.82, 2.24) is 0 Å². The van der Waals surface area contributed by atoms with Crippen molar-refractivity contribution in [2.75, 3.05) is 0 Å². The van der Waals surface area contributed by atoms with Crippen LogP contribution in [0.1, 0.15) is 42.7 Å². The van der Waals surface area contributed by atoms with E-state index in [0.29, 0.717) is 11.5 Å². The fraction of sp³-hybridized carbons (Fsp3) is 0.500. The first-order chi connectivity index (χ1) is 8.08. The molecule has 1 fully saturated rings. The van der Waals surface area contributed by atoms with Gasteiger partial charge in [0.2, 0.25) is 0 Å². The standard InChI is InChI=1S/C14H17FO2/c1-9-7-11(5-6-13(9)15)12(8-14(16)17)10-3-2-4-10/h5-7,10,12H,2-4,8H2,1H3,(H,16,17). The maximum absolute atomic E-state index is 13.2. The van der Waals surface area contributed by atoms with Gasteiger partial charge >= 0.3 is 5.97 Å². The molecule has 1 N–H and O–H groups in total. The van der Waals surface area contributed by atoms with Crippen LogP contribution in [0.25, 0.3) is 0 Å². The zero-order valence-electron chi connectivity index (χ0n) is 9.95. The monoisotopic (exact) mass is 236 g/mol. The molecule has 92 valence electrons. The van der Waals surface area contributed by atoms with Crippen molar-refractivity contribution >= 4 is 5.97 Å². The maximum Gasteiger partial charge on any atom is 0.303 e. The van der Waals surface area contributed by atoms with Gasteiger partial charge in [-0.3, -0.25) is 4.79 Å². The van der Waals surface area contributed by atoms with Gasteiger partial charge in [0.15, 0.2) is 0 Å². The summed E-state index contributed by atoms with van der Waals surface area (Å²) in [6.07, 6.45) is 3.51. The van der Waals surface area contributed by atoms with Crippen LogP contribution in [-0.2, 0) is 4.79 Å². The summed E-state index contributed by atoms with van der Waals surface area (Å²) >= 11 is 0. The second kappa shape index (κ2) is 4.86. The van der Waals surface area contributed by atoms with Crippen LogP contribution in [0.5, 0.6) is 0 Å². The van der Waals surface area contributed by atoms with Gasteiger partial charge in [0.1, 0.15) is 5.82 Å². The van der Waals surface area contributed by atoms with E-state index in [4.69, 9.17) is 5.11 Å². The van der Waals surface area contributed by atoms with E-state index in [1.165, 1.54) is 12.5 Å². The predicted molar refractivity (Wildman–Crippen MR) is 63.5 cm³/mol. The molecule has 0 heterocycles. The first kappa shape index (κ1) is 12.1. The van der Waals surface area contributed by atoms with Crippen LogP contribution < -0.4 is 0 Å². The quantitative estimate of drug-likeness (QED) is 0.868. The second-order valence-corrected chi connectivity index (χ2v) is 4.90. The van der Waals surface area contributed by atoms with Crippen molar-refractivity contribution in [3.63, 3.8) is 0 Å². The van der Waals surface area contributed by atoms with E-state index in [9.17, 15) is 9.18 Å². The number of rotatable bonds is 4. The maximum atomic E-state index is 13.2. The predicted octanol–water partition coefficient (Wildman–Crippen LogP) is 3.49. The first-order valence-electron chi connectivity index (χ1n) is 6.06. The third kappa shape index (κ3) is 2.65. The molecule has 3 heteroatoms. The fourth-order valence-corrected chi connectivity index (χ4v) is 2.49. The van der Waals surface area contributed by atoms with Gasteiger partial charge in [-0.15, -0.1) is 0 Å². The Labute approximate surface area is 100 Å². The third-order valence-corrected chi connectivity index (χ3v) is 3.72. The normalized spacial score (nSPS) is 17.5. The molecule has 0 saturated heterocycles. The number of aryl methyl sites for hydroxylation is 1. The van der Waals surface area contributed by atoms with Crippen molar-refractivity contribution < 1.29 is 14.3 Å². The highest BCUT2D eigenvalue weighted by atomic mass is 19.1. The molecule has 17 heavy (non-hydrogen) atoms. The van der Waals surface area contributed by atoms with Gasteiger partial charge in [-0.2, -0.15) is 0 Å². The van der Waals surface area contributed by atoms with E-state index in [0.717, 1.165) is 18.4 Å². The lowest BCUT2D eigenvalue weighted by molar-refractivity contribution is -0.138. The summed E-state index contributed by atoms with van der Waals surface area (Å²) in [5.74, 6) is -0.503. The van der Waals surface area contributed by atoms with Crippen LogP contribution in [0.2, 0.25) is 0 Å². The van der Waals surface area contributed by atoms with Gasteiger partial charge in [0.25, 0.3) is 0 Å². The number of carboxylic acids is 1. The van der Waals surface area contributed by atoms with Crippen molar-refractivity contribution in [1.29, 1.82) is 0 Å². The highest BCUT2D eigenvalue weighted by Crippen LogP contribution is 2.41. The van der Waals surface area contributed by atoms with E-state index < -0.39 is 5.97 Å². The minimum Gasteiger partial charge on any atom is -0.481 e. The summed E-state index contributed by atoms with van der Waals surface area (Å²) in [7, 11) is 0. The second-order valence-electron chi connectivity index (χ2n) is 4.90. The molecular formula is C14H17FO2. The highest BCUT2D eigenvalue weighted by Gasteiger charge is 2.30. The van der Waals surface area contributed by atoms with Crippen molar-refractivity contribution in [3.8, 4) is 0 Å². The minimum absolute atomic E-state index is 0.0422. The minimum atomic E-state index is -0.774. The molecule has 1 aliphatic carbocycles. The number of hydrogen-bond acceptors (Lipinski definition) is 1. The van der Waals surface area contributed by atoms with Gasteiger partial charge in [-0.25, -0.2) is 4.39 Å². The van der Waals surface area contributed by atoms with Crippen LogP contribution in [-0.4, -0.2) is 11.1 Å². The zero-order chi connectivity index (χ0) is 12.4. The summed E-state index contributed by atoms with van der Waals surface area (Å²) in [6.45, 7) is 1.72. The third-order valence-electron chi connectivity index (χ3n) is 3.72. The zero-order valence-corrected chi connectivity index (χ0v) is 9.95. The smallest absolute Gasteiger partial charge is 0.303 e. The molecule has 1 aromatic rings. The molecule has 1 saturated carbocycles. The molecule has 1 aromatic carbocycles. The average Bonchev–Trinajstić information content (AvgIpc) is 2.18. The van der Waals surface area contributed by atoms with Gasteiger partial charge in [0.05, 0.1) is 6.42 Å². The molecule has 1 aliphatic rings. The van der Waals surface area contributed by atoms with Crippen LogP contribution >= 0.6 is 0 Å². The van der Waals surface area contributed by atoms with Gasteiger partial charge in [0, 0.05) is 0 Å². The summed E-state index contributed by atoms with van der Waals surface area (Å²) < 4.78 is 13.2. The fourth-order valence-electron chi connectivity index (χ4n) is 2.49. The number of aliphatic carboxylic acids is 1. The van der Waals surface area contributed by atoms with Crippen molar-refractivity contribution in [2.24, 2.45) is 5.92 Å². The van der Waals surface area contributed by atoms with Crippen LogP contribution in [0, 0.1) is 18.7 Å². The summed E-state index contributed by atoms with van der Waals surface area (Å²) in [6, 6.07) is 4.97. The number of hydrogen-bond donors (Lipinski definition) is 1. The van der Waals surface area contributed by atoms with Crippen LogP contribution in [0.4, 0.5) is 4.39 Å². The molecule has 0 aliphatic heterocycles. The molecule has 1 unspecified atom stereocenters. The average molecular weight is 236 g/mol. The first-order valence-corrected chi connectivity index (χ1v) is 6.06. The number of halogens is 1. The molecule has 0 amide bonds. The molecule has 0 bridgehead atoms. The summed E-state index contributed by atoms with van der Waals surface area (Å²) in [5, 5.41) is 8.96. The van der Waals surface area contributed by atoms with E-state index in [1.54, 1.807) is 19.1 Å². The van der Waals surface area contributed by atoms with E-state index in [-0.39, 0.29) is 18.2 Å². The Morgan fingerprint density at radius 3 is 2.71 bits per heavy atom. The Morgan fingerprint density at radius 1 is 1.53 bits per heavy atom. The Bertz CT molecular complexity index is 424.